The first-order valence-corrected chi connectivity index (χ1v) is 19.2. The molecule has 2 aliphatic rings. The molecule has 56 heavy (non-hydrogen) atoms. The average Bonchev–Trinajstić information content (AvgIpc) is 3.59. The van der Waals surface area contributed by atoms with Crippen LogP contribution in [0.4, 0.5) is 11.4 Å². The van der Waals surface area contributed by atoms with Gasteiger partial charge in [0.05, 0.1) is 6.54 Å². The Kier molecular flexibility index (Phi) is 8.42. The summed E-state index contributed by atoms with van der Waals surface area (Å²) < 4.78 is 0. The molecule has 0 unspecified atom stereocenters. The molecule has 0 saturated carbocycles. The molecule has 2 heteroatoms. The van der Waals surface area contributed by atoms with Gasteiger partial charge in [-0.3, -0.25) is 9.89 Å². The maximum atomic E-state index is 5.01. The van der Waals surface area contributed by atoms with Gasteiger partial charge in [-0.05, 0) is 113 Å². The summed E-state index contributed by atoms with van der Waals surface area (Å²) in [5, 5.41) is 5.10. The van der Waals surface area contributed by atoms with Crippen LogP contribution in [0, 0.1) is 0 Å². The second-order valence-corrected chi connectivity index (χ2v) is 14.3. The Hall–Kier alpha value is -7.29. The van der Waals surface area contributed by atoms with Gasteiger partial charge < -0.3 is 0 Å². The van der Waals surface area contributed by atoms with Crippen LogP contribution in [0.1, 0.15) is 0 Å². The Morgan fingerprint density at radius 1 is 0.411 bits per heavy atom. The third-order valence-electron chi connectivity index (χ3n) is 11.0. The van der Waals surface area contributed by atoms with Crippen molar-refractivity contribution in [2.75, 3.05) is 11.4 Å². The van der Waals surface area contributed by atoms with E-state index in [1.54, 1.807) is 0 Å². The smallest absolute Gasteiger partial charge is 0.132 e. The normalized spacial score (nSPS) is 15.9. The Morgan fingerprint density at radius 3 is 1.62 bits per heavy atom. The molecule has 0 fully saturated rings. The van der Waals surface area contributed by atoms with Gasteiger partial charge in [-0.15, -0.1) is 0 Å². The summed E-state index contributed by atoms with van der Waals surface area (Å²) in [6, 6.07) is 61.7. The van der Waals surface area contributed by atoms with Gasteiger partial charge in [0, 0.05) is 11.4 Å². The van der Waals surface area contributed by atoms with E-state index in [9.17, 15) is 0 Å². The maximum absolute atomic E-state index is 5.01. The van der Waals surface area contributed by atoms with Crippen molar-refractivity contribution in [3.63, 3.8) is 0 Å². The molecule has 8 aromatic carbocycles. The molecule has 1 aliphatic carbocycles. The topological polar surface area (TPSA) is 15.6 Å². The van der Waals surface area contributed by atoms with E-state index in [-0.39, 0.29) is 0 Å². The highest BCUT2D eigenvalue weighted by molar-refractivity contribution is 6.28. The summed E-state index contributed by atoms with van der Waals surface area (Å²) in [6.07, 6.45) is 12.2. The average molecular weight is 715 g/mol. The molecule has 0 aromatic heterocycles. The SMILES string of the molecule is C=C1/C=C\C=C/C/N=C(N(c2ccccc2)c2ccc(-c3ccc4c5c(cccc35)-c3c-4c(-c4ccccc4)c4ccccc4c3-c3ccccc3)cc2)\C=C/1. The molecule has 1 aliphatic heterocycles. The molecule has 0 radical (unpaired) electrons. The van der Waals surface area contributed by atoms with Gasteiger partial charge in [-0.25, -0.2) is 0 Å². The minimum Gasteiger partial charge on any atom is -0.295 e. The van der Waals surface area contributed by atoms with E-state index in [2.05, 4.69) is 187 Å². The molecule has 10 rings (SSSR count). The van der Waals surface area contributed by atoms with Crippen molar-refractivity contribution in [3.8, 4) is 55.6 Å². The molecule has 264 valence electrons. The number of benzene rings is 8. The van der Waals surface area contributed by atoms with Crippen molar-refractivity contribution in [2.45, 2.75) is 0 Å². The van der Waals surface area contributed by atoms with E-state index in [1.807, 2.05) is 30.4 Å². The van der Waals surface area contributed by atoms with Crippen LogP contribution < -0.4 is 4.90 Å². The maximum Gasteiger partial charge on any atom is 0.132 e. The van der Waals surface area contributed by atoms with Gasteiger partial charge in [0.25, 0.3) is 0 Å². The predicted molar refractivity (Wildman–Crippen MR) is 240 cm³/mol. The minimum absolute atomic E-state index is 0.578. The fourth-order valence-corrected chi connectivity index (χ4v) is 8.54. The zero-order valence-electron chi connectivity index (χ0n) is 30.9. The van der Waals surface area contributed by atoms with Gasteiger partial charge in [-0.1, -0.05) is 183 Å². The first-order valence-electron chi connectivity index (χ1n) is 19.2. The highest BCUT2D eigenvalue weighted by Gasteiger charge is 2.31. The van der Waals surface area contributed by atoms with Gasteiger partial charge >= 0.3 is 0 Å². The van der Waals surface area contributed by atoms with E-state index in [0.29, 0.717) is 6.54 Å². The lowest BCUT2D eigenvalue weighted by atomic mass is 9.82. The molecule has 0 bridgehead atoms. The lowest BCUT2D eigenvalue weighted by molar-refractivity contribution is 1.20. The summed E-state index contributed by atoms with van der Waals surface area (Å²) >= 11 is 0. The van der Waals surface area contributed by atoms with Crippen LogP contribution in [0.15, 0.2) is 223 Å². The highest BCUT2D eigenvalue weighted by atomic mass is 15.2. The lowest BCUT2D eigenvalue weighted by Gasteiger charge is -2.25. The summed E-state index contributed by atoms with van der Waals surface area (Å²) in [5.41, 5.74) is 15.6. The van der Waals surface area contributed by atoms with Crippen LogP contribution in [0.5, 0.6) is 0 Å². The predicted octanol–water partition coefficient (Wildman–Crippen LogP) is 14.4. The molecular formula is C54H38N2. The molecule has 0 amide bonds. The third kappa shape index (κ3) is 5.71. The first-order chi connectivity index (χ1) is 27.7. The monoisotopic (exact) mass is 714 g/mol. The molecule has 1 heterocycles. The molecule has 0 spiro atoms. The standard InChI is InChI=1S/C54H38N2/c1-37-17-6-5-15-36-55-49(35-28-37)56(41-22-11-4-12-23-41)42-31-29-38(30-32-42)43-33-34-48-52-44(43)26-16-27-47(52)53-50(39-18-7-2-8-19-39)45-24-13-14-25-46(45)51(54(48)53)40-20-9-3-10-21-40/h2-35H,1,36H2/b15-5-,17-6-,35-28-,55-49+. The molecule has 2 nitrogen and oxygen atoms in total. The molecule has 0 N–H and O–H groups in total. The van der Waals surface area contributed by atoms with Crippen LogP contribution in [0.25, 0.3) is 77.2 Å². The summed E-state index contributed by atoms with van der Waals surface area (Å²) in [4.78, 5) is 7.23. The number of hydrogen-bond acceptors (Lipinski definition) is 2. The molecule has 0 atom stereocenters. The second-order valence-electron chi connectivity index (χ2n) is 14.3. The summed E-state index contributed by atoms with van der Waals surface area (Å²) in [7, 11) is 0. The van der Waals surface area contributed by atoms with Crippen molar-refractivity contribution < 1.29 is 0 Å². The fourth-order valence-electron chi connectivity index (χ4n) is 8.54. The quantitative estimate of drug-likeness (QED) is 0.173. The van der Waals surface area contributed by atoms with Crippen LogP contribution in [-0.4, -0.2) is 12.4 Å². The van der Waals surface area contributed by atoms with Gasteiger partial charge in [-0.2, -0.15) is 0 Å². The fraction of sp³-hybridized carbons (Fsp3) is 0.0185. The molecular weight excluding hydrogens is 677 g/mol. The van der Waals surface area contributed by atoms with Crippen molar-refractivity contribution in [1.29, 1.82) is 0 Å². The number of para-hydroxylation sites is 1. The van der Waals surface area contributed by atoms with Crippen LogP contribution in [0.3, 0.4) is 0 Å². The first kappa shape index (κ1) is 33.3. The van der Waals surface area contributed by atoms with Gasteiger partial charge in [0.15, 0.2) is 0 Å². The number of anilines is 2. The number of allylic oxidation sites excluding steroid dienone is 5. The van der Waals surface area contributed by atoms with Crippen LogP contribution >= 0.6 is 0 Å². The van der Waals surface area contributed by atoms with Crippen LogP contribution in [-0.2, 0) is 0 Å². The number of amidine groups is 1. The number of rotatable bonds is 5. The molecule has 0 saturated heterocycles. The van der Waals surface area contributed by atoms with Crippen molar-refractivity contribution >= 4 is 38.8 Å². The lowest BCUT2D eigenvalue weighted by Crippen LogP contribution is -2.24. The zero-order valence-corrected chi connectivity index (χ0v) is 30.9. The Bertz CT molecular complexity index is 2820. The van der Waals surface area contributed by atoms with E-state index in [4.69, 9.17) is 4.99 Å². The largest absolute Gasteiger partial charge is 0.295 e. The number of hydrogen-bond donors (Lipinski definition) is 0. The highest BCUT2D eigenvalue weighted by Crippen LogP contribution is 2.58. The van der Waals surface area contributed by atoms with Gasteiger partial charge in [0.1, 0.15) is 5.84 Å². The second kappa shape index (κ2) is 14.2. The van der Waals surface area contributed by atoms with E-state index in [1.165, 1.54) is 77.2 Å². The zero-order chi connectivity index (χ0) is 37.4. The number of fused-ring (bicyclic) bond motifs is 4. The number of nitrogens with zero attached hydrogens (tertiary/aromatic N) is 2. The van der Waals surface area contributed by atoms with E-state index < -0.39 is 0 Å². The van der Waals surface area contributed by atoms with E-state index in [0.717, 1.165) is 22.8 Å². The Labute approximate surface area is 328 Å². The molecule has 8 aromatic rings. The number of aliphatic imine (C=N–C) groups is 1. The third-order valence-corrected chi connectivity index (χ3v) is 11.0. The van der Waals surface area contributed by atoms with Crippen molar-refractivity contribution in [1.82, 2.24) is 0 Å². The Morgan fingerprint density at radius 2 is 0.964 bits per heavy atom. The van der Waals surface area contributed by atoms with Crippen LogP contribution in [0.2, 0.25) is 0 Å². The van der Waals surface area contributed by atoms with Gasteiger partial charge in [0.2, 0.25) is 0 Å². The van der Waals surface area contributed by atoms with E-state index >= 15 is 0 Å². The van der Waals surface area contributed by atoms with Crippen molar-refractivity contribution in [2.24, 2.45) is 4.99 Å². The summed E-state index contributed by atoms with van der Waals surface area (Å²) in [6.45, 7) is 4.78. The minimum atomic E-state index is 0.578. The Balaban J connectivity index is 1.15. The van der Waals surface area contributed by atoms with Crippen molar-refractivity contribution in [3.05, 3.63) is 218 Å². The summed E-state index contributed by atoms with van der Waals surface area (Å²) in [5.74, 6) is 0.851.